The van der Waals surface area contributed by atoms with Gasteiger partial charge in [-0.1, -0.05) is 19.1 Å². The normalized spacial score (nSPS) is 20.5. The first-order chi connectivity index (χ1) is 13.5. The van der Waals surface area contributed by atoms with E-state index in [2.05, 4.69) is 10.6 Å². The van der Waals surface area contributed by atoms with E-state index in [9.17, 15) is 14.4 Å². The Morgan fingerprint density at radius 3 is 2.46 bits per heavy atom. The second kappa shape index (κ2) is 7.34. The predicted molar refractivity (Wildman–Crippen MR) is 105 cm³/mol. The number of carbonyl (C=O) groups excluding carboxylic acids is 3. The fourth-order valence-corrected chi connectivity index (χ4v) is 3.24. The zero-order chi connectivity index (χ0) is 19.7. The van der Waals surface area contributed by atoms with Gasteiger partial charge >= 0.3 is 6.09 Å². The molecule has 2 N–H and O–H groups in total. The maximum atomic E-state index is 12.6. The molecule has 2 atom stereocenters. The van der Waals surface area contributed by atoms with Crippen LogP contribution in [0.15, 0.2) is 48.5 Å². The lowest BCUT2D eigenvalue weighted by Crippen LogP contribution is -2.23. The monoisotopic (exact) mass is 379 g/mol. The molecule has 7 nitrogen and oxygen atoms in total. The Labute approximate surface area is 162 Å². The van der Waals surface area contributed by atoms with Gasteiger partial charge in [0, 0.05) is 28.5 Å². The fraction of sp³-hybridized carbons (Fsp3) is 0.286. The number of nitrogens with zero attached hydrogens (tertiary/aromatic N) is 1. The lowest BCUT2D eigenvalue weighted by atomic mass is 10.1. The average molecular weight is 379 g/mol. The third kappa shape index (κ3) is 3.83. The maximum absolute atomic E-state index is 12.6. The number of amides is 3. The molecular weight excluding hydrogens is 358 g/mol. The molecule has 4 rings (SSSR count). The lowest BCUT2D eigenvalue weighted by molar-refractivity contribution is -0.117. The van der Waals surface area contributed by atoms with Crippen molar-refractivity contribution in [2.75, 3.05) is 28.7 Å². The molecule has 1 saturated carbocycles. The van der Waals surface area contributed by atoms with E-state index in [-0.39, 0.29) is 17.7 Å². The maximum Gasteiger partial charge on any atom is 0.414 e. The Bertz CT molecular complexity index is 943. The topological polar surface area (TPSA) is 87.7 Å². The third-order valence-electron chi connectivity index (χ3n) is 5.02. The summed E-state index contributed by atoms with van der Waals surface area (Å²) in [5.41, 5.74) is 2.28. The third-order valence-corrected chi connectivity index (χ3v) is 5.02. The summed E-state index contributed by atoms with van der Waals surface area (Å²) in [5, 5.41) is 5.70. The molecule has 2 aromatic carbocycles. The van der Waals surface area contributed by atoms with Gasteiger partial charge in [0.15, 0.2) is 0 Å². The Morgan fingerprint density at radius 2 is 1.79 bits per heavy atom. The number of hydrogen-bond acceptors (Lipinski definition) is 4. The molecule has 1 heterocycles. The van der Waals surface area contributed by atoms with Gasteiger partial charge in [-0.15, -0.1) is 0 Å². The quantitative estimate of drug-likeness (QED) is 0.832. The summed E-state index contributed by atoms with van der Waals surface area (Å²) in [4.78, 5) is 37.9. The standard InChI is InChI=1S/C21H21N3O4/c1-13-10-18(13)20(26)23-15-5-2-4-14(11-15)19(25)22-16-6-3-7-17(12-16)24-8-9-28-21(24)27/h2-7,11-13,18H,8-10H2,1H3,(H,22,25)(H,23,26)/t13-,18-/m1/s1. The highest BCUT2D eigenvalue weighted by Gasteiger charge is 2.39. The molecule has 0 radical (unpaired) electrons. The minimum absolute atomic E-state index is 0.00439. The number of benzene rings is 2. The van der Waals surface area contributed by atoms with Gasteiger partial charge in [-0.2, -0.15) is 0 Å². The zero-order valence-corrected chi connectivity index (χ0v) is 15.5. The second-order valence-corrected chi connectivity index (χ2v) is 7.16. The highest BCUT2D eigenvalue weighted by Crippen LogP contribution is 2.38. The van der Waals surface area contributed by atoms with E-state index in [1.54, 1.807) is 48.5 Å². The van der Waals surface area contributed by atoms with Crippen molar-refractivity contribution >= 4 is 35.0 Å². The molecule has 0 bridgehead atoms. The number of carbonyl (C=O) groups is 3. The molecule has 28 heavy (non-hydrogen) atoms. The summed E-state index contributed by atoms with van der Waals surface area (Å²) in [6, 6.07) is 13.9. The van der Waals surface area contributed by atoms with Crippen molar-refractivity contribution in [2.24, 2.45) is 11.8 Å². The van der Waals surface area contributed by atoms with Gasteiger partial charge in [-0.3, -0.25) is 14.5 Å². The molecular formula is C21H21N3O4. The van der Waals surface area contributed by atoms with E-state index >= 15 is 0 Å². The van der Waals surface area contributed by atoms with Gasteiger partial charge < -0.3 is 15.4 Å². The van der Waals surface area contributed by atoms with Crippen LogP contribution in [-0.4, -0.2) is 31.1 Å². The number of cyclic esters (lactones) is 1. The van der Waals surface area contributed by atoms with Crippen molar-refractivity contribution < 1.29 is 19.1 Å². The molecule has 1 aliphatic heterocycles. The number of nitrogens with one attached hydrogen (secondary N) is 2. The van der Waals surface area contributed by atoms with Crippen molar-refractivity contribution in [1.29, 1.82) is 0 Å². The van der Waals surface area contributed by atoms with Crippen LogP contribution in [0.1, 0.15) is 23.7 Å². The number of hydrogen-bond donors (Lipinski definition) is 2. The van der Waals surface area contributed by atoms with Gasteiger partial charge in [0.05, 0.1) is 6.54 Å². The Morgan fingerprint density at radius 1 is 1.07 bits per heavy atom. The fourth-order valence-electron chi connectivity index (χ4n) is 3.24. The average Bonchev–Trinajstić information content (AvgIpc) is 3.27. The van der Waals surface area contributed by atoms with Crippen LogP contribution in [0.2, 0.25) is 0 Å². The van der Waals surface area contributed by atoms with Gasteiger partial charge in [0.25, 0.3) is 5.91 Å². The number of anilines is 3. The molecule has 0 spiro atoms. The van der Waals surface area contributed by atoms with Crippen LogP contribution in [0, 0.1) is 11.8 Å². The molecule has 1 aliphatic carbocycles. The van der Waals surface area contributed by atoms with Crippen molar-refractivity contribution in [3.63, 3.8) is 0 Å². The molecule has 2 aliphatic rings. The Balaban J connectivity index is 1.44. The smallest absolute Gasteiger partial charge is 0.414 e. The Kier molecular flexibility index (Phi) is 4.73. The van der Waals surface area contributed by atoms with Crippen LogP contribution < -0.4 is 15.5 Å². The second-order valence-electron chi connectivity index (χ2n) is 7.16. The molecule has 3 amide bonds. The lowest BCUT2D eigenvalue weighted by Gasteiger charge is -2.14. The SMILES string of the molecule is C[C@@H]1C[C@H]1C(=O)Nc1cccc(C(=O)Nc2cccc(N3CCOC3=O)c2)c1. The highest BCUT2D eigenvalue weighted by molar-refractivity contribution is 6.06. The largest absolute Gasteiger partial charge is 0.447 e. The van der Waals surface area contributed by atoms with Gasteiger partial charge in [0.2, 0.25) is 5.91 Å². The molecule has 1 saturated heterocycles. The van der Waals surface area contributed by atoms with Crippen molar-refractivity contribution in [3.05, 3.63) is 54.1 Å². The van der Waals surface area contributed by atoms with E-state index in [1.807, 2.05) is 6.92 Å². The van der Waals surface area contributed by atoms with Crippen LogP contribution in [0.5, 0.6) is 0 Å². The molecule has 0 aromatic heterocycles. The highest BCUT2D eigenvalue weighted by atomic mass is 16.6. The zero-order valence-electron chi connectivity index (χ0n) is 15.5. The van der Waals surface area contributed by atoms with Crippen LogP contribution in [0.25, 0.3) is 0 Å². The molecule has 2 fully saturated rings. The summed E-state index contributed by atoms with van der Waals surface area (Å²) in [5.74, 6) is 0.191. The van der Waals surface area contributed by atoms with Crippen LogP contribution in [0.4, 0.5) is 21.9 Å². The molecule has 144 valence electrons. The molecule has 0 unspecified atom stereocenters. The van der Waals surface area contributed by atoms with Crippen LogP contribution in [0.3, 0.4) is 0 Å². The summed E-state index contributed by atoms with van der Waals surface area (Å²) in [6.07, 6.45) is 0.518. The van der Waals surface area contributed by atoms with Crippen LogP contribution >= 0.6 is 0 Å². The van der Waals surface area contributed by atoms with E-state index in [0.717, 1.165) is 6.42 Å². The predicted octanol–water partition coefficient (Wildman–Crippen LogP) is 3.49. The van der Waals surface area contributed by atoms with E-state index < -0.39 is 6.09 Å². The van der Waals surface area contributed by atoms with Gasteiger partial charge in [-0.25, -0.2) is 4.79 Å². The van der Waals surface area contributed by atoms with E-state index in [1.165, 1.54) is 4.90 Å². The van der Waals surface area contributed by atoms with Crippen molar-refractivity contribution in [1.82, 2.24) is 0 Å². The Hall–Kier alpha value is -3.35. The van der Waals surface area contributed by atoms with E-state index in [0.29, 0.717) is 41.7 Å². The minimum Gasteiger partial charge on any atom is -0.447 e. The molecule has 7 heteroatoms. The van der Waals surface area contributed by atoms with Crippen molar-refractivity contribution in [2.45, 2.75) is 13.3 Å². The summed E-state index contributed by atoms with van der Waals surface area (Å²) in [7, 11) is 0. The first kappa shape index (κ1) is 18.0. The van der Waals surface area contributed by atoms with Gasteiger partial charge in [-0.05, 0) is 48.7 Å². The summed E-state index contributed by atoms with van der Waals surface area (Å²) < 4.78 is 4.95. The van der Waals surface area contributed by atoms with E-state index in [4.69, 9.17) is 4.74 Å². The van der Waals surface area contributed by atoms with Crippen molar-refractivity contribution in [3.8, 4) is 0 Å². The minimum atomic E-state index is -0.392. The van der Waals surface area contributed by atoms with Crippen LogP contribution in [-0.2, 0) is 9.53 Å². The number of ether oxygens (including phenoxy) is 1. The molecule has 2 aromatic rings. The summed E-state index contributed by atoms with van der Waals surface area (Å²) in [6.45, 7) is 2.88. The first-order valence-electron chi connectivity index (χ1n) is 9.28. The number of rotatable bonds is 5. The first-order valence-corrected chi connectivity index (χ1v) is 9.28. The summed E-state index contributed by atoms with van der Waals surface area (Å²) >= 11 is 0. The van der Waals surface area contributed by atoms with Gasteiger partial charge in [0.1, 0.15) is 6.61 Å².